The van der Waals surface area contributed by atoms with E-state index in [2.05, 4.69) is 10.4 Å². The molecular formula is C19H31N3O3. The number of rotatable bonds is 6. The first-order valence-electron chi connectivity index (χ1n) is 9.72. The van der Waals surface area contributed by atoms with E-state index in [9.17, 15) is 9.90 Å². The monoisotopic (exact) mass is 349 g/mol. The fourth-order valence-corrected chi connectivity index (χ4v) is 4.11. The highest BCUT2D eigenvalue weighted by atomic mass is 16.5. The van der Waals surface area contributed by atoms with Crippen molar-refractivity contribution in [1.29, 1.82) is 0 Å². The molecule has 2 N–H and O–H groups in total. The third kappa shape index (κ3) is 4.82. The molecule has 1 saturated heterocycles. The van der Waals surface area contributed by atoms with Gasteiger partial charge < -0.3 is 15.2 Å². The van der Waals surface area contributed by atoms with Crippen molar-refractivity contribution < 1.29 is 14.6 Å². The summed E-state index contributed by atoms with van der Waals surface area (Å²) >= 11 is 0. The Balaban J connectivity index is 1.60. The number of amides is 1. The van der Waals surface area contributed by atoms with Crippen LogP contribution in [0.1, 0.15) is 73.5 Å². The zero-order valence-corrected chi connectivity index (χ0v) is 15.2. The highest BCUT2D eigenvalue weighted by Crippen LogP contribution is 2.27. The number of aliphatic hydroxyl groups excluding tert-OH is 1. The molecule has 1 aromatic heterocycles. The van der Waals surface area contributed by atoms with Gasteiger partial charge in [-0.2, -0.15) is 5.10 Å². The van der Waals surface area contributed by atoms with E-state index >= 15 is 0 Å². The summed E-state index contributed by atoms with van der Waals surface area (Å²) in [7, 11) is 0. The Hall–Kier alpha value is -1.40. The van der Waals surface area contributed by atoms with E-state index in [0.717, 1.165) is 38.2 Å². The topological polar surface area (TPSA) is 76.4 Å². The van der Waals surface area contributed by atoms with Crippen LogP contribution >= 0.6 is 0 Å². The molecule has 1 aliphatic heterocycles. The molecule has 2 heterocycles. The first-order valence-corrected chi connectivity index (χ1v) is 9.72. The standard InChI is InChI=1S/C19H31N3O3/c1-14-18(12-22(21-14)17-7-9-25-10-8-17)19(24)20-16(13-23)11-15-5-3-2-4-6-15/h12,15-17,23H,2-11,13H2,1H3,(H,20,24). The molecule has 25 heavy (non-hydrogen) atoms. The van der Waals surface area contributed by atoms with Crippen LogP contribution < -0.4 is 5.32 Å². The van der Waals surface area contributed by atoms with Crippen molar-refractivity contribution in [2.45, 2.75) is 70.4 Å². The Labute approximate surface area is 149 Å². The normalized spacial score (nSPS) is 21.2. The molecule has 0 bridgehead atoms. The van der Waals surface area contributed by atoms with Crippen LogP contribution in [0, 0.1) is 12.8 Å². The van der Waals surface area contributed by atoms with E-state index in [-0.39, 0.29) is 18.6 Å². The van der Waals surface area contributed by atoms with E-state index < -0.39 is 0 Å². The minimum Gasteiger partial charge on any atom is -0.394 e. The number of nitrogens with zero attached hydrogens (tertiary/aromatic N) is 2. The maximum Gasteiger partial charge on any atom is 0.255 e. The Bertz CT molecular complexity index is 560. The second-order valence-corrected chi connectivity index (χ2v) is 7.54. The van der Waals surface area contributed by atoms with E-state index in [1.165, 1.54) is 32.1 Å². The molecule has 6 nitrogen and oxygen atoms in total. The number of hydrogen-bond acceptors (Lipinski definition) is 4. The van der Waals surface area contributed by atoms with E-state index in [1.54, 1.807) is 0 Å². The van der Waals surface area contributed by atoms with Gasteiger partial charge in [0.2, 0.25) is 0 Å². The number of aromatic nitrogens is 2. The molecule has 140 valence electrons. The van der Waals surface area contributed by atoms with Gasteiger partial charge in [-0.3, -0.25) is 9.48 Å². The van der Waals surface area contributed by atoms with Crippen LogP contribution in [0.15, 0.2) is 6.20 Å². The lowest BCUT2D eigenvalue weighted by Crippen LogP contribution is -2.39. The molecule has 1 aliphatic carbocycles. The first kappa shape index (κ1) is 18.4. The molecule has 3 rings (SSSR count). The Morgan fingerprint density at radius 1 is 1.32 bits per heavy atom. The average molecular weight is 349 g/mol. The lowest BCUT2D eigenvalue weighted by molar-refractivity contribution is 0.0661. The van der Waals surface area contributed by atoms with Gasteiger partial charge in [0, 0.05) is 19.4 Å². The van der Waals surface area contributed by atoms with Gasteiger partial charge in [0.25, 0.3) is 5.91 Å². The lowest BCUT2D eigenvalue weighted by atomic mass is 9.85. The van der Waals surface area contributed by atoms with E-state index in [0.29, 0.717) is 17.5 Å². The zero-order valence-electron chi connectivity index (χ0n) is 15.2. The zero-order chi connectivity index (χ0) is 17.6. The van der Waals surface area contributed by atoms with Gasteiger partial charge in [0.05, 0.1) is 29.9 Å². The van der Waals surface area contributed by atoms with Crippen molar-refractivity contribution in [2.75, 3.05) is 19.8 Å². The molecule has 1 amide bonds. The van der Waals surface area contributed by atoms with Gasteiger partial charge in [-0.25, -0.2) is 0 Å². The van der Waals surface area contributed by atoms with Gasteiger partial charge in [-0.1, -0.05) is 32.1 Å². The predicted molar refractivity (Wildman–Crippen MR) is 95.6 cm³/mol. The maximum atomic E-state index is 12.7. The summed E-state index contributed by atoms with van der Waals surface area (Å²) in [5.41, 5.74) is 1.37. The van der Waals surface area contributed by atoms with Crippen LogP contribution in [-0.4, -0.2) is 46.7 Å². The Kier molecular flexibility index (Phi) is 6.48. The Morgan fingerprint density at radius 2 is 2.04 bits per heavy atom. The second-order valence-electron chi connectivity index (χ2n) is 7.54. The molecule has 2 aliphatic rings. The number of aliphatic hydroxyl groups is 1. The van der Waals surface area contributed by atoms with Gasteiger partial charge in [-0.05, 0) is 32.1 Å². The van der Waals surface area contributed by atoms with Crippen molar-refractivity contribution in [3.63, 3.8) is 0 Å². The number of carbonyl (C=O) groups is 1. The number of aryl methyl sites for hydroxylation is 1. The molecule has 1 aromatic rings. The SMILES string of the molecule is Cc1nn(C2CCOCC2)cc1C(=O)NC(CO)CC1CCCCC1. The van der Waals surface area contributed by atoms with Crippen molar-refractivity contribution in [1.82, 2.24) is 15.1 Å². The maximum absolute atomic E-state index is 12.7. The minimum absolute atomic E-state index is 0.00457. The van der Waals surface area contributed by atoms with Crippen LogP contribution in [0.3, 0.4) is 0 Å². The lowest BCUT2D eigenvalue weighted by Gasteiger charge is -2.26. The van der Waals surface area contributed by atoms with Crippen LogP contribution in [0.2, 0.25) is 0 Å². The van der Waals surface area contributed by atoms with Crippen LogP contribution in [0.25, 0.3) is 0 Å². The molecule has 0 spiro atoms. The van der Waals surface area contributed by atoms with Gasteiger partial charge in [0.15, 0.2) is 0 Å². The third-order valence-corrected chi connectivity index (χ3v) is 5.62. The third-order valence-electron chi connectivity index (χ3n) is 5.62. The number of hydrogen-bond donors (Lipinski definition) is 2. The van der Waals surface area contributed by atoms with E-state index in [4.69, 9.17) is 4.74 Å². The molecule has 1 unspecified atom stereocenters. The highest BCUT2D eigenvalue weighted by Gasteiger charge is 2.24. The minimum atomic E-state index is -0.165. The van der Waals surface area contributed by atoms with Gasteiger partial charge in [0.1, 0.15) is 0 Å². The summed E-state index contributed by atoms with van der Waals surface area (Å²) < 4.78 is 7.32. The first-order chi connectivity index (χ1) is 12.2. The highest BCUT2D eigenvalue weighted by molar-refractivity contribution is 5.95. The summed E-state index contributed by atoms with van der Waals surface area (Å²) in [6.07, 6.45) is 10.9. The molecular weight excluding hydrogens is 318 g/mol. The van der Waals surface area contributed by atoms with Crippen molar-refractivity contribution in [3.8, 4) is 0 Å². The molecule has 0 aromatic carbocycles. The number of carbonyl (C=O) groups excluding carboxylic acids is 1. The molecule has 1 saturated carbocycles. The summed E-state index contributed by atoms with van der Waals surface area (Å²) in [6.45, 7) is 3.37. The summed E-state index contributed by atoms with van der Waals surface area (Å²) in [4.78, 5) is 12.7. The summed E-state index contributed by atoms with van der Waals surface area (Å²) in [5, 5.41) is 17.2. The number of ether oxygens (including phenoxy) is 1. The van der Waals surface area contributed by atoms with Gasteiger partial charge >= 0.3 is 0 Å². The summed E-state index contributed by atoms with van der Waals surface area (Å²) in [6, 6.07) is 0.145. The largest absolute Gasteiger partial charge is 0.394 e. The fourth-order valence-electron chi connectivity index (χ4n) is 4.11. The molecule has 1 atom stereocenters. The summed E-state index contributed by atoms with van der Waals surface area (Å²) in [5.74, 6) is 0.503. The van der Waals surface area contributed by atoms with Crippen molar-refractivity contribution in [2.24, 2.45) is 5.92 Å². The van der Waals surface area contributed by atoms with Crippen LogP contribution in [0.5, 0.6) is 0 Å². The average Bonchev–Trinajstić information content (AvgIpc) is 3.04. The van der Waals surface area contributed by atoms with Crippen LogP contribution in [0.4, 0.5) is 0 Å². The Morgan fingerprint density at radius 3 is 2.72 bits per heavy atom. The smallest absolute Gasteiger partial charge is 0.255 e. The molecule has 0 radical (unpaired) electrons. The van der Waals surface area contributed by atoms with E-state index in [1.807, 2.05) is 17.8 Å². The van der Waals surface area contributed by atoms with Gasteiger partial charge in [-0.15, -0.1) is 0 Å². The van der Waals surface area contributed by atoms with Crippen molar-refractivity contribution in [3.05, 3.63) is 17.5 Å². The fraction of sp³-hybridized carbons (Fsp3) is 0.789. The number of nitrogens with one attached hydrogen (secondary N) is 1. The van der Waals surface area contributed by atoms with Crippen molar-refractivity contribution >= 4 is 5.91 Å². The van der Waals surface area contributed by atoms with Crippen LogP contribution in [-0.2, 0) is 4.74 Å². The second kappa shape index (κ2) is 8.81. The predicted octanol–water partition coefficient (Wildman–Crippen LogP) is 2.60. The molecule has 6 heteroatoms. The molecule has 2 fully saturated rings. The quantitative estimate of drug-likeness (QED) is 0.828.